The van der Waals surface area contributed by atoms with Gasteiger partial charge in [0.15, 0.2) is 0 Å². The van der Waals surface area contributed by atoms with Crippen LogP contribution in [0.5, 0.6) is 5.75 Å². The number of hydrazine groups is 1. The van der Waals surface area contributed by atoms with E-state index in [4.69, 9.17) is 10.6 Å². The first-order chi connectivity index (χ1) is 9.31. The molecule has 19 heavy (non-hydrogen) atoms. The monoisotopic (exact) mass is 260 g/mol. The van der Waals surface area contributed by atoms with E-state index in [0.29, 0.717) is 18.6 Å². The molecule has 0 saturated carbocycles. The number of para-hydroxylation sites is 1. The summed E-state index contributed by atoms with van der Waals surface area (Å²) in [7, 11) is 0. The zero-order chi connectivity index (χ0) is 13.5. The van der Waals surface area contributed by atoms with E-state index >= 15 is 0 Å². The van der Waals surface area contributed by atoms with E-state index < -0.39 is 0 Å². The number of ether oxygens (including phenoxy) is 1. The van der Waals surface area contributed by atoms with Crippen LogP contribution in [0.2, 0.25) is 0 Å². The molecule has 2 aromatic carbocycles. The SMILES string of the molecule is NNC(CCOc1ccccc1)c1ccccc1F. The van der Waals surface area contributed by atoms with Crippen LogP contribution in [0.25, 0.3) is 0 Å². The van der Waals surface area contributed by atoms with E-state index in [9.17, 15) is 4.39 Å². The van der Waals surface area contributed by atoms with Crippen LogP contribution in [0.1, 0.15) is 18.0 Å². The minimum absolute atomic E-state index is 0.259. The molecule has 3 nitrogen and oxygen atoms in total. The quantitative estimate of drug-likeness (QED) is 0.620. The minimum atomic E-state index is -0.259. The molecule has 1 unspecified atom stereocenters. The molecule has 2 rings (SSSR count). The molecule has 100 valence electrons. The third-order valence-corrected chi connectivity index (χ3v) is 2.90. The van der Waals surface area contributed by atoms with Crippen molar-refractivity contribution in [2.75, 3.05) is 6.61 Å². The lowest BCUT2D eigenvalue weighted by Crippen LogP contribution is -2.30. The fraction of sp³-hybridized carbons (Fsp3) is 0.200. The lowest BCUT2D eigenvalue weighted by atomic mass is 10.0. The highest BCUT2D eigenvalue weighted by atomic mass is 19.1. The van der Waals surface area contributed by atoms with Gasteiger partial charge in [-0.05, 0) is 18.2 Å². The number of benzene rings is 2. The number of rotatable bonds is 6. The Morgan fingerprint density at radius 1 is 1.05 bits per heavy atom. The molecule has 0 spiro atoms. The zero-order valence-electron chi connectivity index (χ0n) is 10.6. The maximum atomic E-state index is 13.6. The Morgan fingerprint density at radius 2 is 1.74 bits per heavy atom. The minimum Gasteiger partial charge on any atom is -0.494 e. The van der Waals surface area contributed by atoms with Crippen molar-refractivity contribution in [1.82, 2.24) is 5.43 Å². The molecule has 0 aliphatic heterocycles. The molecule has 0 saturated heterocycles. The van der Waals surface area contributed by atoms with Crippen molar-refractivity contribution < 1.29 is 9.13 Å². The van der Waals surface area contributed by atoms with E-state index in [1.54, 1.807) is 18.2 Å². The van der Waals surface area contributed by atoms with Crippen molar-refractivity contribution in [2.45, 2.75) is 12.5 Å². The molecule has 2 aromatic rings. The highest BCUT2D eigenvalue weighted by Crippen LogP contribution is 2.19. The standard InChI is InChI=1S/C15H17FN2O/c16-14-9-5-4-8-13(14)15(18-17)10-11-19-12-6-2-1-3-7-12/h1-9,15,18H,10-11,17H2. The van der Waals surface area contributed by atoms with Crippen molar-refractivity contribution in [3.63, 3.8) is 0 Å². The van der Waals surface area contributed by atoms with Gasteiger partial charge in [0.1, 0.15) is 11.6 Å². The zero-order valence-corrected chi connectivity index (χ0v) is 10.6. The molecule has 3 N–H and O–H groups in total. The molecule has 0 aliphatic carbocycles. The van der Waals surface area contributed by atoms with Gasteiger partial charge < -0.3 is 4.74 Å². The Labute approximate surface area is 112 Å². The van der Waals surface area contributed by atoms with Gasteiger partial charge in [-0.25, -0.2) is 4.39 Å². The molecule has 1 atom stereocenters. The molecular formula is C15H17FN2O. The summed E-state index contributed by atoms with van der Waals surface area (Å²) in [5, 5.41) is 0. The number of halogens is 1. The fourth-order valence-corrected chi connectivity index (χ4v) is 1.90. The summed E-state index contributed by atoms with van der Waals surface area (Å²) < 4.78 is 19.2. The second-order valence-electron chi connectivity index (χ2n) is 4.19. The molecule has 0 radical (unpaired) electrons. The van der Waals surface area contributed by atoms with E-state index in [1.807, 2.05) is 30.3 Å². The van der Waals surface area contributed by atoms with Crippen molar-refractivity contribution in [1.29, 1.82) is 0 Å². The van der Waals surface area contributed by atoms with Crippen LogP contribution in [-0.2, 0) is 0 Å². The van der Waals surface area contributed by atoms with Crippen LogP contribution >= 0.6 is 0 Å². The summed E-state index contributed by atoms with van der Waals surface area (Å²) in [6.07, 6.45) is 0.590. The van der Waals surface area contributed by atoms with Crippen LogP contribution in [0.15, 0.2) is 54.6 Å². The Hall–Kier alpha value is -1.91. The Morgan fingerprint density at radius 3 is 2.42 bits per heavy atom. The van der Waals surface area contributed by atoms with Gasteiger partial charge in [-0.3, -0.25) is 11.3 Å². The van der Waals surface area contributed by atoms with Crippen molar-refractivity contribution in [3.05, 3.63) is 66.0 Å². The predicted molar refractivity (Wildman–Crippen MR) is 73.0 cm³/mol. The maximum Gasteiger partial charge on any atom is 0.128 e. The molecule has 0 bridgehead atoms. The van der Waals surface area contributed by atoms with Crippen molar-refractivity contribution in [3.8, 4) is 5.75 Å². The number of hydrogen-bond acceptors (Lipinski definition) is 3. The van der Waals surface area contributed by atoms with Gasteiger partial charge in [0.05, 0.1) is 12.6 Å². The number of nitrogens with one attached hydrogen (secondary N) is 1. The molecule has 0 amide bonds. The lowest BCUT2D eigenvalue weighted by Gasteiger charge is -2.17. The van der Waals surface area contributed by atoms with E-state index in [1.165, 1.54) is 6.07 Å². The Kier molecular flexibility index (Phi) is 4.89. The third-order valence-electron chi connectivity index (χ3n) is 2.90. The second kappa shape index (κ2) is 6.87. The first kappa shape index (κ1) is 13.5. The van der Waals surface area contributed by atoms with E-state index in [0.717, 1.165) is 5.75 Å². The summed E-state index contributed by atoms with van der Waals surface area (Å²) in [4.78, 5) is 0. The van der Waals surface area contributed by atoms with Gasteiger partial charge >= 0.3 is 0 Å². The van der Waals surface area contributed by atoms with Crippen LogP contribution in [-0.4, -0.2) is 6.61 Å². The highest BCUT2D eigenvalue weighted by molar-refractivity contribution is 5.22. The summed E-state index contributed by atoms with van der Waals surface area (Å²) in [5.74, 6) is 6.02. The van der Waals surface area contributed by atoms with Gasteiger partial charge in [-0.15, -0.1) is 0 Å². The molecular weight excluding hydrogens is 243 g/mol. The molecule has 4 heteroatoms. The van der Waals surface area contributed by atoms with Gasteiger partial charge in [0.25, 0.3) is 0 Å². The largest absolute Gasteiger partial charge is 0.494 e. The van der Waals surface area contributed by atoms with Crippen LogP contribution in [0.4, 0.5) is 4.39 Å². The van der Waals surface area contributed by atoms with Crippen LogP contribution in [0.3, 0.4) is 0 Å². The van der Waals surface area contributed by atoms with Gasteiger partial charge in [0, 0.05) is 12.0 Å². The van der Waals surface area contributed by atoms with Crippen LogP contribution in [0, 0.1) is 5.82 Å². The topological polar surface area (TPSA) is 47.3 Å². The third kappa shape index (κ3) is 3.77. The van der Waals surface area contributed by atoms with Crippen molar-refractivity contribution >= 4 is 0 Å². The van der Waals surface area contributed by atoms with E-state index in [2.05, 4.69) is 5.43 Å². The number of hydrogen-bond donors (Lipinski definition) is 2. The van der Waals surface area contributed by atoms with Crippen molar-refractivity contribution in [2.24, 2.45) is 5.84 Å². The summed E-state index contributed by atoms with van der Waals surface area (Å²) in [5.41, 5.74) is 3.18. The normalized spacial score (nSPS) is 12.1. The van der Waals surface area contributed by atoms with Gasteiger partial charge in [0.2, 0.25) is 0 Å². The molecule has 0 aromatic heterocycles. The second-order valence-corrected chi connectivity index (χ2v) is 4.19. The average Bonchev–Trinajstić information content (AvgIpc) is 2.46. The predicted octanol–water partition coefficient (Wildman–Crippen LogP) is 2.80. The Balaban J connectivity index is 1.92. The average molecular weight is 260 g/mol. The van der Waals surface area contributed by atoms with E-state index in [-0.39, 0.29) is 11.9 Å². The number of nitrogens with two attached hydrogens (primary N) is 1. The first-order valence-corrected chi connectivity index (χ1v) is 6.19. The molecule has 0 fully saturated rings. The lowest BCUT2D eigenvalue weighted by molar-refractivity contribution is 0.285. The highest BCUT2D eigenvalue weighted by Gasteiger charge is 2.13. The van der Waals surface area contributed by atoms with Gasteiger partial charge in [-0.1, -0.05) is 36.4 Å². The molecule has 0 aliphatic rings. The van der Waals surface area contributed by atoms with Gasteiger partial charge in [-0.2, -0.15) is 0 Å². The summed E-state index contributed by atoms with van der Waals surface area (Å²) in [6, 6.07) is 15.9. The summed E-state index contributed by atoms with van der Waals surface area (Å²) in [6.45, 7) is 0.465. The Bertz CT molecular complexity index is 505. The fourth-order valence-electron chi connectivity index (χ4n) is 1.90. The molecule has 0 heterocycles. The smallest absolute Gasteiger partial charge is 0.128 e. The summed E-state index contributed by atoms with van der Waals surface area (Å²) >= 11 is 0. The maximum absolute atomic E-state index is 13.6. The first-order valence-electron chi connectivity index (χ1n) is 6.19. The van der Waals surface area contributed by atoms with Crippen LogP contribution < -0.4 is 16.0 Å².